The minimum atomic E-state index is -0.00675. The number of amides is 1. The van der Waals surface area contributed by atoms with Crippen LogP contribution in [0.2, 0.25) is 0 Å². The van der Waals surface area contributed by atoms with Crippen molar-refractivity contribution >= 4 is 35.8 Å². The van der Waals surface area contributed by atoms with Gasteiger partial charge in [0.2, 0.25) is 5.91 Å². The van der Waals surface area contributed by atoms with Crippen LogP contribution in [0.4, 0.5) is 0 Å². The van der Waals surface area contributed by atoms with E-state index in [-0.39, 0.29) is 36.4 Å². The van der Waals surface area contributed by atoms with E-state index in [0.717, 1.165) is 16.8 Å². The highest BCUT2D eigenvalue weighted by molar-refractivity contribution is 14.0. The Balaban J connectivity index is 0.00000341. The summed E-state index contributed by atoms with van der Waals surface area (Å²) in [5.74, 6) is 0.661. The number of hydrogen-bond acceptors (Lipinski definition) is 3. The summed E-state index contributed by atoms with van der Waals surface area (Å²) in [5.41, 5.74) is 3.18. The molecule has 0 aliphatic rings. The summed E-state index contributed by atoms with van der Waals surface area (Å²) in [6.45, 7) is 1.34. The van der Waals surface area contributed by atoms with Crippen molar-refractivity contribution < 1.29 is 4.79 Å². The fraction of sp³-hybridized carbons (Fsp3) is 0.261. The molecule has 3 aromatic rings. The second kappa shape index (κ2) is 12.1. The third-order valence-corrected chi connectivity index (χ3v) is 4.59. The molecular weight excluding hydrogens is 503 g/mol. The van der Waals surface area contributed by atoms with Crippen molar-refractivity contribution in [3.63, 3.8) is 0 Å². The van der Waals surface area contributed by atoms with Gasteiger partial charge >= 0.3 is 0 Å². The Morgan fingerprint density at radius 1 is 1.00 bits per heavy atom. The molecule has 0 atom stereocenters. The van der Waals surface area contributed by atoms with Gasteiger partial charge in [-0.05, 0) is 17.7 Å². The van der Waals surface area contributed by atoms with Crippen LogP contribution in [0.25, 0.3) is 5.69 Å². The van der Waals surface area contributed by atoms with Crippen LogP contribution in [0.15, 0.2) is 78.0 Å². The summed E-state index contributed by atoms with van der Waals surface area (Å²) >= 11 is 0. The van der Waals surface area contributed by atoms with Gasteiger partial charge in [-0.1, -0.05) is 48.5 Å². The summed E-state index contributed by atoms with van der Waals surface area (Å²) in [4.78, 5) is 20.3. The second-order valence-corrected chi connectivity index (χ2v) is 7.25. The van der Waals surface area contributed by atoms with Crippen LogP contribution in [-0.2, 0) is 17.9 Å². The number of para-hydroxylation sites is 1. The lowest BCUT2D eigenvalue weighted by Gasteiger charge is -2.22. The first-order valence-electron chi connectivity index (χ1n) is 9.85. The van der Waals surface area contributed by atoms with Crippen LogP contribution in [-0.4, -0.2) is 59.1 Å². The standard InChI is InChI=1S/C23H28N6O.HI/c1-27(2)22(30)16-25-23(24-14-19-10-6-4-7-11-19)28(3)17-20-15-26-29(18-20)21-12-8-5-9-13-21;/h4-13,15,18H,14,16-17H2,1-3H3,(H,24,25);1H. The van der Waals surface area contributed by atoms with Crippen LogP contribution in [0.3, 0.4) is 0 Å². The van der Waals surface area contributed by atoms with Gasteiger partial charge in [0.15, 0.2) is 5.96 Å². The maximum Gasteiger partial charge on any atom is 0.241 e. The second-order valence-electron chi connectivity index (χ2n) is 7.25. The van der Waals surface area contributed by atoms with Crippen molar-refractivity contribution in [3.8, 4) is 5.69 Å². The van der Waals surface area contributed by atoms with Crippen LogP contribution >= 0.6 is 24.0 Å². The normalized spacial score (nSPS) is 10.9. The monoisotopic (exact) mass is 532 g/mol. The van der Waals surface area contributed by atoms with Crippen molar-refractivity contribution in [1.82, 2.24) is 24.9 Å². The SMILES string of the molecule is CN(C)C(=O)CNC(=NCc1ccccc1)N(C)Cc1cnn(-c2ccccc2)c1.I. The molecule has 0 spiro atoms. The lowest BCUT2D eigenvalue weighted by atomic mass is 10.2. The lowest BCUT2D eigenvalue weighted by molar-refractivity contribution is -0.127. The van der Waals surface area contributed by atoms with Crippen LogP contribution in [0.5, 0.6) is 0 Å². The summed E-state index contributed by atoms with van der Waals surface area (Å²) in [7, 11) is 5.44. The molecule has 0 saturated heterocycles. The van der Waals surface area contributed by atoms with Gasteiger partial charge < -0.3 is 15.1 Å². The molecule has 1 aromatic heterocycles. The van der Waals surface area contributed by atoms with Gasteiger partial charge in [0.05, 0.1) is 25.0 Å². The van der Waals surface area contributed by atoms with Gasteiger partial charge in [0, 0.05) is 39.4 Å². The number of hydrogen-bond donors (Lipinski definition) is 1. The first kappa shape index (κ1) is 24.4. The Labute approximate surface area is 200 Å². The highest BCUT2D eigenvalue weighted by Gasteiger charge is 2.12. The van der Waals surface area contributed by atoms with Crippen molar-refractivity contribution in [1.29, 1.82) is 0 Å². The zero-order valence-electron chi connectivity index (χ0n) is 18.1. The number of carbonyl (C=O) groups excluding carboxylic acids is 1. The summed E-state index contributed by atoms with van der Waals surface area (Å²) in [6, 6.07) is 20.0. The summed E-state index contributed by atoms with van der Waals surface area (Å²) < 4.78 is 1.85. The van der Waals surface area contributed by atoms with Gasteiger partial charge in [-0.15, -0.1) is 24.0 Å². The molecule has 7 nitrogen and oxygen atoms in total. The number of nitrogens with one attached hydrogen (secondary N) is 1. The molecule has 0 saturated carbocycles. The number of aliphatic imine (C=N–C) groups is 1. The third-order valence-electron chi connectivity index (χ3n) is 4.59. The minimum Gasteiger partial charge on any atom is -0.347 e. The molecular formula is C23H29IN6O. The van der Waals surface area contributed by atoms with Gasteiger partial charge in [-0.3, -0.25) is 4.79 Å². The number of aromatic nitrogens is 2. The molecule has 164 valence electrons. The average Bonchev–Trinajstić information content (AvgIpc) is 3.23. The fourth-order valence-corrected chi connectivity index (χ4v) is 2.89. The van der Waals surface area contributed by atoms with Crippen LogP contribution in [0, 0.1) is 0 Å². The van der Waals surface area contributed by atoms with E-state index < -0.39 is 0 Å². The smallest absolute Gasteiger partial charge is 0.241 e. The minimum absolute atomic E-state index is 0. The van der Waals surface area contributed by atoms with Gasteiger partial charge in [0.25, 0.3) is 0 Å². The van der Waals surface area contributed by atoms with E-state index in [4.69, 9.17) is 4.99 Å². The Bertz CT molecular complexity index is 972. The first-order valence-corrected chi connectivity index (χ1v) is 9.85. The third kappa shape index (κ3) is 7.39. The maximum atomic E-state index is 12.0. The van der Waals surface area contributed by atoms with E-state index in [1.165, 1.54) is 0 Å². The molecule has 1 N–H and O–H groups in total. The maximum absolute atomic E-state index is 12.0. The molecule has 0 fully saturated rings. The molecule has 31 heavy (non-hydrogen) atoms. The molecule has 0 aliphatic carbocycles. The zero-order valence-corrected chi connectivity index (χ0v) is 20.4. The lowest BCUT2D eigenvalue weighted by Crippen LogP contribution is -2.43. The van der Waals surface area contributed by atoms with Crippen LogP contribution in [0.1, 0.15) is 11.1 Å². The van der Waals surface area contributed by atoms with Gasteiger partial charge in [0.1, 0.15) is 0 Å². The number of carbonyl (C=O) groups is 1. The van der Waals surface area contributed by atoms with E-state index in [9.17, 15) is 4.79 Å². The number of benzene rings is 2. The Morgan fingerprint density at radius 2 is 1.65 bits per heavy atom. The van der Waals surface area contributed by atoms with E-state index in [1.54, 1.807) is 19.0 Å². The molecule has 1 amide bonds. The number of guanidine groups is 1. The summed E-state index contributed by atoms with van der Waals surface area (Å²) in [6.07, 6.45) is 3.86. The van der Waals surface area contributed by atoms with Crippen LogP contribution < -0.4 is 5.32 Å². The predicted octanol–water partition coefficient (Wildman–Crippen LogP) is 3.16. The molecule has 0 bridgehead atoms. The van der Waals surface area contributed by atoms with Crippen molar-refractivity contribution in [2.45, 2.75) is 13.1 Å². The highest BCUT2D eigenvalue weighted by atomic mass is 127. The zero-order chi connectivity index (χ0) is 21.3. The fourth-order valence-electron chi connectivity index (χ4n) is 2.89. The van der Waals surface area contributed by atoms with Gasteiger partial charge in [-0.25, -0.2) is 9.67 Å². The van der Waals surface area contributed by atoms with Crippen molar-refractivity contribution in [3.05, 3.63) is 84.2 Å². The average molecular weight is 532 g/mol. The molecule has 1 heterocycles. The Kier molecular flexibility index (Phi) is 9.51. The topological polar surface area (TPSA) is 65.8 Å². The van der Waals surface area contributed by atoms with E-state index in [1.807, 2.05) is 89.7 Å². The van der Waals surface area contributed by atoms with Crippen molar-refractivity contribution in [2.75, 3.05) is 27.7 Å². The van der Waals surface area contributed by atoms with E-state index in [0.29, 0.717) is 19.0 Å². The van der Waals surface area contributed by atoms with E-state index in [2.05, 4.69) is 10.4 Å². The highest BCUT2D eigenvalue weighted by Crippen LogP contribution is 2.10. The largest absolute Gasteiger partial charge is 0.347 e. The van der Waals surface area contributed by atoms with Crippen molar-refractivity contribution in [2.24, 2.45) is 4.99 Å². The molecule has 0 aliphatic heterocycles. The molecule has 2 aromatic carbocycles. The van der Waals surface area contributed by atoms with E-state index >= 15 is 0 Å². The number of nitrogens with zero attached hydrogens (tertiary/aromatic N) is 5. The summed E-state index contributed by atoms with van der Waals surface area (Å²) in [5, 5.41) is 7.65. The molecule has 8 heteroatoms. The molecule has 0 unspecified atom stereocenters. The number of halogens is 1. The first-order chi connectivity index (χ1) is 14.5. The Morgan fingerprint density at radius 3 is 2.29 bits per heavy atom. The number of likely N-dealkylation sites (N-methyl/N-ethyl adjacent to an activating group) is 1. The molecule has 0 radical (unpaired) electrons. The quantitative estimate of drug-likeness (QED) is 0.289. The Hall–Kier alpha value is -2.88. The molecule has 3 rings (SSSR count). The van der Waals surface area contributed by atoms with Gasteiger partial charge in [-0.2, -0.15) is 5.10 Å². The number of rotatable bonds is 7. The predicted molar refractivity (Wildman–Crippen MR) is 135 cm³/mol.